The van der Waals surface area contributed by atoms with E-state index in [0.717, 1.165) is 19.3 Å². The van der Waals surface area contributed by atoms with Crippen LogP contribution >= 0.6 is 0 Å². The van der Waals surface area contributed by atoms with Gasteiger partial charge in [-0.25, -0.2) is 43.9 Å². The summed E-state index contributed by atoms with van der Waals surface area (Å²) in [5.41, 5.74) is -5.91. The lowest BCUT2D eigenvalue weighted by atomic mass is 9.96. The van der Waals surface area contributed by atoms with Gasteiger partial charge in [0.2, 0.25) is 0 Å². The van der Waals surface area contributed by atoms with E-state index in [4.69, 9.17) is 0 Å². The van der Waals surface area contributed by atoms with E-state index in [-0.39, 0.29) is 23.3 Å². The zero-order valence-electron chi connectivity index (χ0n) is 26.0. The van der Waals surface area contributed by atoms with Gasteiger partial charge in [-0.1, -0.05) is 37.8 Å². The molecule has 0 bridgehead atoms. The number of rotatable bonds is 8. The lowest BCUT2D eigenvalue weighted by Crippen LogP contribution is -2.03. The molecule has 0 unspecified atom stereocenters. The molecule has 0 saturated carbocycles. The maximum Gasteiger partial charge on any atom is 0.458 e. The number of benzene rings is 5. The van der Waals surface area contributed by atoms with E-state index in [0.29, 0.717) is 48.2 Å². The third-order valence-electron chi connectivity index (χ3n) is 7.86. The van der Waals surface area contributed by atoms with E-state index in [1.165, 1.54) is 18.1 Å². The predicted molar refractivity (Wildman–Crippen MR) is 166 cm³/mol. The van der Waals surface area contributed by atoms with Crippen molar-refractivity contribution in [1.82, 2.24) is 0 Å². The lowest BCUT2D eigenvalue weighted by Gasteiger charge is -2.12. The molecular weight excluding hydrogens is 703 g/mol. The smallest absolute Gasteiger partial charge is 0.206 e. The number of unbranched alkanes of at least 4 members (excludes halogenated alkanes) is 2. The number of fused-ring (bicyclic) bond motifs is 1. The fraction of sp³-hybridized carbons (Fsp3) is 0.158. The van der Waals surface area contributed by atoms with Gasteiger partial charge >= 0.3 is 6.18 Å². The first kappa shape index (κ1) is 37.0. The first-order chi connectivity index (χ1) is 24.0. The zero-order valence-corrected chi connectivity index (χ0v) is 26.0. The maximum absolute atomic E-state index is 15.2. The monoisotopic (exact) mass is 724 g/mol. The summed E-state index contributed by atoms with van der Waals surface area (Å²) in [6, 6.07) is 6.94. The van der Waals surface area contributed by atoms with E-state index < -0.39 is 103 Å². The Kier molecular flexibility index (Phi) is 10.6. The molecular formula is C38H21F13. The number of halogens is 13. The molecule has 0 radical (unpaired) electrons. The predicted octanol–water partition coefficient (Wildman–Crippen LogP) is 12.7. The Morgan fingerprint density at radius 2 is 1.25 bits per heavy atom. The second-order valence-electron chi connectivity index (χ2n) is 11.4. The minimum absolute atomic E-state index is 0.202. The van der Waals surface area contributed by atoms with Crippen LogP contribution in [0, 0.1) is 58.4 Å². The Balaban J connectivity index is 1.50. The molecule has 0 saturated heterocycles. The van der Waals surface area contributed by atoms with E-state index in [1.807, 2.05) is 6.92 Å². The highest BCUT2D eigenvalue weighted by atomic mass is 19.4. The molecule has 0 aliphatic carbocycles. The fourth-order valence-electron chi connectivity index (χ4n) is 5.48. The van der Waals surface area contributed by atoms with E-state index in [1.54, 1.807) is 6.07 Å². The maximum atomic E-state index is 15.2. The molecule has 5 aromatic carbocycles. The minimum Gasteiger partial charge on any atom is -0.206 e. The van der Waals surface area contributed by atoms with Crippen LogP contribution in [0.3, 0.4) is 0 Å². The molecule has 0 nitrogen and oxygen atoms in total. The molecule has 0 spiro atoms. The van der Waals surface area contributed by atoms with Gasteiger partial charge in [-0.05, 0) is 83.4 Å². The standard InChI is InChI=1S/C38H21F13/c1-2-3-4-5-18-6-7-23(25(39)10-18)19-12-30(44)34(31(45)13-19)37(48)35(46)22-16-27(41)32(28(42)17-22)20-11-21-14-26(40)24(8-9-38(49,50)51)36(47)33(21)29(43)15-20/h6-7,10-17H,2-5H2,1H3/b37-35+. The van der Waals surface area contributed by atoms with Crippen molar-refractivity contribution < 1.29 is 57.1 Å². The molecule has 51 heavy (non-hydrogen) atoms. The number of hydrogen-bond donors (Lipinski definition) is 0. The Morgan fingerprint density at radius 3 is 1.84 bits per heavy atom. The van der Waals surface area contributed by atoms with Crippen LogP contribution in [-0.4, -0.2) is 6.18 Å². The number of aryl methyl sites for hydroxylation is 1. The summed E-state index contributed by atoms with van der Waals surface area (Å²) < 4.78 is 187. The number of hydrogen-bond acceptors (Lipinski definition) is 0. The van der Waals surface area contributed by atoms with Gasteiger partial charge in [0.05, 0.1) is 22.1 Å². The molecule has 0 fully saturated rings. The average molecular weight is 725 g/mol. The van der Waals surface area contributed by atoms with E-state index in [2.05, 4.69) is 0 Å². The normalized spacial score (nSPS) is 12.2. The average Bonchev–Trinajstić information content (AvgIpc) is 3.02. The molecule has 0 amide bonds. The van der Waals surface area contributed by atoms with Crippen LogP contribution in [0.15, 0.2) is 60.7 Å². The van der Waals surface area contributed by atoms with Gasteiger partial charge in [0.1, 0.15) is 40.7 Å². The van der Waals surface area contributed by atoms with Crippen LogP contribution in [0.5, 0.6) is 0 Å². The van der Waals surface area contributed by atoms with Crippen molar-refractivity contribution in [2.24, 2.45) is 0 Å². The lowest BCUT2D eigenvalue weighted by molar-refractivity contribution is -0.0696. The molecule has 5 aromatic rings. The van der Waals surface area contributed by atoms with Gasteiger partial charge in [-0.3, -0.25) is 0 Å². The highest BCUT2D eigenvalue weighted by Crippen LogP contribution is 2.39. The SMILES string of the molecule is CCCCCc1ccc(-c2cc(F)c(/C(F)=C(\F)c3cc(F)c(-c4cc(F)c5c(F)c(C#CC(F)(F)F)c(F)cc5c4)c(F)c3)c(F)c2)c(F)c1. The molecule has 264 valence electrons. The highest BCUT2D eigenvalue weighted by molar-refractivity contribution is 5.91. The molecule has 0 aliphatic rings. The van der Waals surface area contributed by atoms with Gasteiger partial charge in [0, 0.05) is 17.0 Å². The van der Waals surface area contributed by atoms with Crippen LogP contribution in [0.25, 0.3) is 44.7 Å². The third-order valence-corrected chi connectivity index (χ3v) is 7.86. The first-order valence-electron chi connectivity index (χ1n) is 15.0. The molecule has 13 heteroatoms. The minimum atomic E-state index is -5.14. The second-order valence-corrected chi connectivity index (χ2v) is 11.4. The molecule has 5 rings (SSSR count). The largest absolute Gasteiger partial charge is 0.458 e. The van der Waals surface area contributed by atoms with Gasteiger partial charge < -0.3 is 0 Å². The Morgan fingerprint density at radius 1 is 0.627 bits per heavy atom. The zero-order chi connectivity index (χ0) is 37.4. The van der Waals surface area contributed by atoms with Crippen molar-refractivity contribution in [3.8, 4) is 34.1 Å². The molecule has 0 aromatic heterocycles. The van der Waals surface area contributed by atoms with Crippen molar-refractivity contribution in [1.29, 1.82) is 0 Å². The molecule has 0 atom stereocenters. The molecule has 0 heterocycles. The summed E-state index contributed by atoms with van der Waals surface area (Å²) >= 11 is 0. The van der Waals surface area contributed by atoms with Crippen molar-refractivity contribution >= 4 is 22.4 Å². The van der Waals surface area contributed by atoms with Crippen molar-refractivity contribution in [2.75, 3.05) is 0 Å². The summed E-state index contributed by atoms with van der Waals surface area (Å²) in [4.78, 5) is 0. The Bertz CT molecular complexity index is 2220. The van der Waals surface area contributed by atoms with Gasteiger partial charge in [-0.15, -0.1) is 0 Å². The van der Waals surface area contributed by atoms with Crippen molar-refractivity contribution in [2.45, 2.75) is 38.8 Å². The Hall–Kier alpha value is -5.25. The number of alkyl halides is 3. The van der Waals surface area contributed by atoms with Crippen molar-refractivity contribution in [3.05, 3.63) is 129 Å². The van der Waals surface area contributed by atoms with Crippen molar-refractivity contribution in [3.63, 3.8) is 0 Å². The summed E-state index contributed by atoms with van der Waals surface area (Å²) in [6.45, 7) is 1.99. The molecule has 0 aliphatic heterocycles. The highest BCUT2D eigenvalue weighted by Gasteiger charge is 2.26. The fourth-order valence-corrected chi connectivity index (χ4v) is 5.48. The molecule has 0 N–H and O–H groups in total. The summed E-state index contributed by atoms with van der Waals surface area (Å²) in [6.07, 6.45) is -1.93. The van der Waals surface area contributed by atoms with E-state index in [9.17, 15) is 30.7 Å². The van der Waals surface area contributed by atoms with E-state index >= 15 is 26.3 Å². The quantitative estimate of drug-likeness (QED) is 0.0647. The summed E-state index contributed by atoms with van der Waals surface area (Å²) in [7, 11) is 0. The van der Waals surface area contributed by atoms with Crippen LogP contribution < -0.4 is 0 Å². The van der Waals surface area contributed by atoms with Gasteiger partial charge in [-0.2, -0.15) is 13.2 Å². The third kappa shape index (κ3) is 7.75. The van der Waals surface area contributed by atoms with Gasteiger partial charge in [0.15, 0.2) is 17.5 Å². The summed E-state index contributed by atoms with van der Waals surface area (Å²) in [5, 5.41) is -1.74. The first-order valence-corrected chi connectivity index (χ1v) is 15.0. The Labute approximate surface area is 281 Å². The van der Waals surface area contributed by atoms with Crippen LogP contribution in [0.4, 0.5) is 57.1 Å². The van der Waals surface area contributed by atoms with Crippen LogP contribution in [0.1, 0.15) is 48.4 Å². The topological polar surface area (TPSA) is 0 Å². The van der Waals surface area contributed by atoms with Crippen LogP contribution in [0.2, 0.25) is 0 Å². The second kappa shape index (κ2) is 14.5. The van der Waals surface area contributed by atoms with Crippen LogP contribution in [-0.2, 0) is 6.42 Å². The summed E-state index contributed by atoms with van der Waals surface area (Å²) in [5.74, 6) is -15.0. The van der Waals surface area contributed by atoms with Gasteiger partial charge in [0.25, 0.3) is 0 Å².